The molecule has 0 saturated heterocycles. The molecule has 0 spiro atoms. The van der Waals surface area contributed by atoms with Gasteiger partial charge in [0.05, 0.1) is 24.9 Å². The number of benzene rings is 1. The number of aryl methyl sites for hydroxylation is 1. The first-order valence-electron chi connectivity index (χ1n) is 7.99. The molecule has 0 atom stereocenters. The second kappa shape index (κ2) is 8.81. The zero-order valence-electron chi connectivity index (χ0n) is 13.7. The molecule has 1 heterocycles. The van der Waals surface area contributed by atoms with Crippen LogP contribution in [-0.4, -0.2) is 34.8 Å². The van der Waals surface area contributed by atoms with Crippen LogP contribution in [0.25, 0.3) is 10.9 Å². The number of amides is 1. The smallest absolute Gasteiger partial charge is 0.305 e. The van der Waals surface area contributed by atoms with Crippen molar-refractivity contribution in [1.29, 1.82) is 0 Å². The summed E-state index contributed by atoms with van der Waals surface area (Å²) in [6.07, 6.45) is 2.35. The number of carbonyl (C=O) groups excluding carboxylic acids is 2. The van der Waals surface area contributed by atoms with Crippen LogP contribution in [0.5, 0.6) is 0 Å². The molecule has 7 nitrogen and oxygen atoms in total. The van der Waals surface area contributed by atoms with Gasteiger partial charge in [0, 0.05) is 24.8 Å². The molecule has 0 unspecified atom stereocenters. The quantitative estimate of drug-likeness (QED) is 0.581. The lowest BCUT2D eigenvalue weighted by Crippen LogP contribution is -2.26. The Morgan fingerprint density at radius 3 is 2.83 bits per heavy atom. The van der Waals surface area contributed by atoms with E-state index in [1.807, 2.05) is 6.07 Å². The number of rotatable bonds is 8. The van der Waals surface area contributed by atoms with E-state index in [4.69, 9.17) is 4.74 Å². The molecular weight excluding hydrogens is 310 g/mol. The Hall–Kier alpha value is -2.70. The maximum Gasteiger partial charge on any atom is 0.305 e. The van der Waals surface area contributed by atoms with Crippen LogP contribution in [0.4, 0.5) is 0 Å². The molecule has 0 saturated carbocycles. The molecule has 0 aliphatic heterocycles. The number of hydrogen-bond acceptors (Lipinski definition) is 5. The molecule has 0 fully saturated rings. The van der Waals surface area contributed by atoms with E-state index in [2.05, 4.69) is 10.4 Å². The summed E-state index contributed by atoms with van der Waals surface area (Å²) in [4.78, 5) is 34.8. The maximum absolute atomic E-state index is 11.9. The highest BCUT2D eigenvalue weighted by Crippen LogP contribution is 2.08. The van der Waals surface area contributed by atoms with Crippen molar-refractivity contribution in [2.45, 2.75) is 32.7 Å². The lowest BCUT2D eigenvalue weighted by atomic mass is 10.2. The monoisotopic (exact) mass is 331 g/mol. The van der Waals surface area contributed by atoms with Gasteiger partial charge < -0.3 is 10.1 Å². The molecule has 2 rings (SSSR count). The highest BCUT2D eigenvalue weighted by molar-refractivity contribution is 5.79. The van der Waals surface area contributed by atoms with Crippen molar-refractivity contribution in [2.24, 2.45) is 0 Å². The Kier molecular flexibility index (Phi) is 6.48. The van der Waals surface area contributed by atoms with Crippen molar-refractivity contribution in [3.8, 4) is 0 Å². The van der Waals surface area contributed by atoms with Crippen LogP contribution in [0.3, 0.4) is 0 Å². The molecule has 0 bridgehead atoms. The summed E-state index contributed by atoms with van der Waals surface area (Å²) in [5.41, 5.74) is 0.574. The Balaban J connectivity index is 1.81. The number of nitrogens with zero attached hydrogens (tertiary/aromatic N) is 2. The molecule has 1 aromatic heterocycles. The summed E-state index contributed by atoms with van der Waals surface area (Å²) in [5, 5.41) is 7.43. The second-order valence-corrected chi connectivity index (χ2v) is 5.26. The van der Waals surface area contributed by atoms with Gasteiger partial charge in [-0.1, -0.05) is 12.1 Å². The third kappa shape index (κ3) is 4.91. The van der Waals surface area contributed by atoms with E-state index >= 15 is 0 Å². The van der Waals surface area contributed by atoms with Crippen LogP contribution in [0.15, 0.2) is 35.3 Å². The molecule has 128 valence electrons. The molecule has 1 N–H and O–H groups in total. The Labute approximate surface area is 139 Å². The van der Waals surface area contributed by atoms with E-state index in [0.29, 0.717) is 43.4 Å². The maximum atomic E-state index is 11.9. The van der Waals surface area contributed by atoms with Crippen LogP contribution in [0, 0.1) is 0 Å². The van der Waals surface area contributed by atoms with Crippen LogP contribution < -0.4 is 10.7 Å². The lowest BCUT2D eigenvalue weighted by Gasteiger charge is -2.09. The minimum atomic E-state index is -0.254. The average Bonchev–Trinajstić information content (AvgIpc) is 2.59. The normalized spacial score (nSPS) is 10.5. The molecule has 1 amide bonds. The Morgan fingerprint density at radius 2 is 2.04 bits per heavy atom. The molecule has 2 aromatic rings. The minimum Gasteiger partial charge on any atom is -0.466 e. The summed E-state index contributed by atoms with van der Waals surface area (Å²) in [5.74, 6) is -0.376. The van der Waals surface area contributed by atoms with Crippen molar-refractivity contribution in [3.05, 3.63) is 40.7 Å². The van der Waals surface area contributed by atoms with Crippen LogP contribution in [-0.2, 0) is 20.9 Å². The van der Waals surface area contributed by atoms with Crippen molar-refractivity contribution in [3.63, 3.8) is 0 Å². The van der Waals surface area contributed by atoms with E-state index in [0.717, 1.165) is 0 Å². The molecule has 0 aliphatic rings. The fourth-order valence-electron chi connectivity index (χ4n) is 2.33. The van der Waals surface area contributed by atoms with Gasteiger partial charge in [-0.05, 0) is 25.5 Å². The molecule has 24 heavy (non-hydrogen) atoms. The number of carbonyl (C=O) groups is 2. The lowest BCUT2D eigenvalue weighted by molar-refractivity contribution is -0.143. The highest BCUT2D eigenvalue weighted by atomic mass is 16.5. The predicted octanol–water partition coefficient (Wildman–Crippen LogP) is 1.25. The van der Waals surface area contributed by atoms with Crippen LogP contribution in [0.1, 0.15) is 26.2 Å². The van der Waals surface area contributed by atoms with Crippen molar-refractivity contribution in [1.82, 2.24) is 15.1 Å². The number of fused-ring (bicyclic) bond motifs is 1. The van der Waals surface area contributed by atoms with E-state index in [1.54, 1.807) is 29.8 Å². The Morgan fingerprint density at radius 1 is 1.25 bits per heavy atom. The standard InChI is InChI=1S/C17H21N3O4/c1-2-24-17(23)8-5-10-18-16(22)9-11-20-14-7-4-3-6-13(14)15(21)12-19-20/h3-4,6-7,12H,2,5,8-11H2,1H3,(H,18,22). The van der Waals surface area contributed by atoms with Gasteiger partial charge >= 0.3 is 5.97 Å². The first-order valence-corrected chi connectivity index (χ1v) is 7.99. The van der Waals surface area contributed by atoms with Gasteiger partial charge in [-0.3, -0.25) is 19.1 Å². The minimum absolute atomic E-state index is 0.122. The van der Waals surface area contributed by atoms with Gasteiger partial charge in [0.15, 0.2) is 0 Å². The summed E-state index contributed by atoms with van der Waals surface area (Å²) in [6.45, 7) is 2.93. The molecular formula is C17H21N3O4. The summed E-state index contributed by atoms with van der Waals surface area (Å²) in [7, 11) is 0. The largest absolute Gasteiger partial charge is 0.466 e. The van der Waals surface area contributed by atoms with E-state index in [1.165, 1.54) is 6.20 Å². The SMILES string of the molecule is CCOC(=O)CCCNC(=O)CCn1ncc(=O)c2ccccc21. The molecule has 7 heteroatoms. The van der Waals surface area contributed by atoms with Crippen LogP contribution >= 0.6 is 0 Å². The number of hydrogen-bond donors (Lipinski definition) is 1. The van der Waals surface area contributed by atoms with Gasteiger partial charge in [-0.15, -0.1) is 0 Å². The van der Waals surface area contributed by atoms with E-state index in [9.17, 15) is 14.4 Å². The second-order valence-electron chi connectivity index (χ2n) is 5.26. The predicted molar refractivity (Wildman–Crippen MR) is 89.5 cm³/mol. The number of aromatic nitrogens is 2. The first kappa shape index (κ1) is 17.7. The number of para-hydroxylation sites is 1. The van der Waals surface area contributed by atoms with Crippen molar-refractivity contribution < 1.29 is 14.3 Å². The summed E-state index contributed by atoms with van der Waals surface area (Å²) >= 11 is 0. The summed E-state index contributed by atoms with van der Waals surface area (Å²) in [6, 6.07) is 7.17. The average molecular weight is 331 g/mol. The zero-order valence-corrected chi connectivity index (χ0v) is 13.7. The van der Waals surface area contributed by atoms with Gasteiger partial charge in [0.2, 0.25) is 11.3 Å². The third-order valence-corrected chi connectivity index (χ3v) is 3.50. The molecule has 1 aromatic carbocycles. The molecule has 0 aliphatic carbocycles. The first-order chi connectivity index (χ1) is 11.6. The van der Waals surface area contributed by atoms with Crippen molar-refractivity contribution in [2.75, 3.05) is 13.2 Å². The molecule has 0 radical (unpaired) electrons. The third-order valence-electron chi connectivity index (χ3n) is 3.50. The summed E-state index contributed by atoms with van der Waals surface area (Å²) < 4.78 is 6.46. The number of esters is 1. The van der Waals surface area contributed by atoms with E-state index in [-0.39, 0.29) is 23.7 Å². The fraction of sp³-hybridized carbons (Fsp3) is 0.412. The van der Waals surface area contributed by atoms with Crippen LogP contribution in [0.2, 0.25) is 0 Å². The highest BCUT2D eigenvalue weighted by Gasteiger charge is 2.07. The number of ether oxygens (including phenoxy) is 1. The fourth-order valence-corrected chi connectivity index (χ4v) is 2.33. The van der Waals surface area contributed by atoms with Gasteiger partial charge in [0.1, 0.15) is 0 Å². The van der Waals surface area contributed by atoms with Gasteiger partial charge in [0.25, 0.3) is 0 Å². The van der Waals surface area contributed by atoms with E-state index < -0.39 is 0 Å². The van der Waals surface area contributed by atoms with Gasteiger partial charge in [-0.2, -0.15) is 5.10 Å². The Bertz CT molecular complexity index is 770. The number of nitrogens with one attached hydrogen (secondary N) is 1. The van der Waals surface area contributed by atoms with Gasteiger partial charge in [-0.25, -0.2) is 0 Å². The zero-order chi connectivity index (χ0) is 17.4. The topological polar surface area (TPSA) is 90.3 Å². The van der Waals surface area contributed by atoms with Crippen molar-refractivity contribution >= 4 is 22.8 Å².